The predicted octanol–water partition coefficient (Wildman–Crippen LogP) is 0.409. The first-order valence-corrected chi connectivity index (χ1v) is 7.15. The second-order valence-electron chi connectivity index (χ2n) is 4.17. The molecule has 17 heavy (non-hydrogen) atoms. The van der Waals surface area contributed by atoms with Crippen molar-refractivity contribution in [2.45, 2.75) is 32.0 Å². The minimum absolute atomic E-state index is 0.164. The van der Waals surface area contributed by atoms with Crippen LogP contribution in [0.3, 0.4) is 0 Å². The molecular weight excluding hydrogens is 236 g/mol. The molecule has 0 amide bonds. The minimum Gasteiger partial charge on any atom is -0.375 e. The Balaban J connectivity index is 1.93. The molecule has 0 spiro atoms. The quantitative estimate of drug-likeness (QED) is 0.590. The van der Waals surface area contributed by atoms with Gasteiger partial charge in [0.1, 0.15) is 0 Å². The highest BCUT2D eigenvalue weighted by atomic mass is 32.2. The topological polar surface area (TPSA) is 65.1 Å². The molecule has 6 heteroatoms. The van der Waals surface area contributed by atoms with Crippen molar-refractivity contribution in [2.75, 3.05) is 18.1 Å². The van der Waals surface area contributed by atoms with Crippen LogP contribution >= 0.6 is 11.8 Å². The molecule has 1 aromatic rings. The van der Waals surface area contributed by atoms with Gasteiger partial charge in [0.15, 0.2) is 0 Å². The van der Waals surface area contributed by atoms with E-state index in [0.29, 0.717) is 0 Å². The van der Waals surface area contributed by atoms with Crippen LogP contribution in [0.2, 0.25) is 0 Å². The van der Waals surface area contributed by atoms with E-state index in [2.05, 4.69) is 23.6 Å². The molecule has 0 bridgehead atoms. The maximum Gasteiger partial charge on any atom is 0.0835 e. The summed E-state index contributed by atoms with van der Waals surface area (Å²) in [5.74, 6) is 7.72. The molecule has 1 aliphatic rings. The fourth-order valence-corrected chi connectivity index (χ4v) is 2.92. The molecule has 0 aliphatic carbocycles. The molecule has 2 rings (SSSR count). The van der Waals surface area contributed by atoms with E-state index in [1.807, 2.05) is 22.6 Å². The van der Waals surface area contributed by atoms with Crippen LogP contribution < -0.4 is 11.3 Å². The maximum absolute atomic E-state index is 5.75. The number of ether oxygens (including phenoxy) is 1. The van der Waals surface area contributed by atoms with E-state index in [4.69, 9.17) is 10.6 Å². The first-order valence-electron chi connectivity index (χ1n) is 6.00. The van der Waals surface area contributed by atoms with Crippen molar-refractivity contribution in [3.8, 4) is 0 Å². The molecule has 0 saturated carbocycles. The van der Waals surface area contributed by atoms with Gasteiger partial charge in [-0.25, -0.2) is 0 Å². The first-order chi connectivity index (χ1) is 8.33. The normalized spacial score (nSPS) is 22.6. The van der Waals surface area contributed by atoms with Gasteiger partial charge < -0.3 is 4.74 Å². The number of nitrogens with two attached hydrogens (primary N) is 1. The van der Waals surface area contributed by atoms with Gasteiger partial charge in [-0.1, -0.05) is 0 Å². The predicted molar refractivity (Wildman–Crippen MR) is 69.8 cm³/mol. The summed E-state index contributed by atoms with van der Waals surface area (Å²) in [5, 5.41) is 4.27. The molecule has 1 fully saturated rings. The van der Waals surface area contributed by atoms with E-state index in [0.717, 1.165) is 31.1 Å². The van der Waals surface area contributed by atoms with Crippen molar-refractivity contribution in [1.82, 2.24) is 15.2 Å². The van der Waals surface area contributed by atoms with Gasteiger partial charge in [-0.3, -0.25) is 16.0 Å². The average molecular weight is 256 g/mol. The summed E-state index contributed by atoms with van der Waals surface area (Å²) in [6, 6.07) is 0.164. The third kappa shape index (κ3) is 3.45. The lowest BCUT2D eigenvalue weighted by Gasteiger charge is -2.29. The highest BCUT2D eigenvalue weighted by Gasteiger charge is 2.24. The Morgan fingerprint density at radius 2 is 2.65 bits per heavy atom. The Hall–Kier alpha value is -0.560. The molecule has 2 heterocycles. The molecule has 5 nitrogen and oxygen atoms in total. The maximum atomic E-state index is 5.75. The van der Waals surface area contributed by atoms with E-state index in [1.165, 1.54) is 5.56 Å². The molecule has 1 aromatic heterocycles. The lowest BCUT2D eigenvalue weighted by Crippen LogP contribution is -2.49. The molecule has 0 radical (unpaired) electrons. The van der Waals surface area contributed by atoms with Crippen LogP contribution in [-0.4, -0.2) is 40.0 Å². The van der Waals surface area contributed by atoms with Crippen molar-refractivity contribution in [2.24, 2.45) is 5.84 Å². The summed E-state index contributed by atoms with van der Waals surface area (Å²) in [5.41, 5.74) is 4.07. The summed E-state index contributed by atoms with van der Waals surface area (Å²) in [7, 11) is 0. The third-order valence-electron chi connectivity index (χ3n) is 2.97. The van der Waals surface area contributed by atoms with Gasteiger partial charge in [-0.15, -0.1) is 0 Å². The molecule has 96 valence electrons. The highest BCUT2D eigenvalue weighted by molar-refractivity contribution is 7.99. The summed E-state index contributed by atoms with van der Waals surface area (Å²) in [6.07, 6.45) is 5.04. The second-order valence-corrected chi connectivity index (χ2v) is 5.32. The third-order valence-corrected chi connectivity index (χ3v) is 3.99. The van der Waals surface area contributed by atoms with Crippen LogP contribution in [0.5, 0.6) is 0 Å². The van der Waals surface area contributed by atoms with Gasteiger partial charge in [0.05, 0.1) is 24.9 Å². The summed E-state index contributed by atoms with van der Waals surface area (Å²) >= 11 is 1.93. The lowest BCUT2D eigenvalue weighted by molar-refractivity contribution is 0.0472. The summed E-state index contributed by atoms with van der Waals surface area (Å²) in [6.45, 7) is 3.80. The van der Waals surface area contributed by atoms with Gasteiger partial charge in [0, 0.05) is 24.2 Å². The zero-order chi connectivity index (χ0) is 12.1. The first kappa shape index (κ1) is 12.9. The van der Waals surface area contributed by atoms with Crippen LogP contribution in [0.4, 0.5) is 0 Å². The number of hydrogen-bond acceptors (Lipinski definition) is 5. The van der Waals surface area contributed by atoms with Crippen LogP contribution in [0.1, 0.15) is 12.5 Å². The molecule has 0 aromatic carbocycles. The smallest absolute Gasteiger partial charge is 0.0835 e. The number of hydrazine groups is 1. The molecule has 3 N–H and O–H groups in total. The van der Waals surface area contributed by atoms with Crippen LogP contribution in [0.25, 0.3) is 0 Å². The van der Waals surface area contributed by atoms with Gasteiger partial charge >= 0.3 is 0 Å². The van der Waals surface area contributed by atoms with Crippen LogP contribution in [-0.2, 0) is 17.7 Å². The fourth-order valence-electron chi connectivity index (χ4n) is 1.97. The number of nitrogens with one attached hydrogen (secondary N) is 1. The van der Waals surface area contributed by atoms with Gasteiger partial charge in [-0.05, 0) is 18.9 Å². The van der Waals surface area contributed by atoms with E-state index in [1.54, 1.807) is 0 Å². The second kappa shape index (κ2) is 6.39. The Morgan fingerprint density at radius 1 is 1.76 bits per heavy atom. The molecule has 2 unspecified atom stereocenters. The average Bonchev–Trinajstić information content (AvgIpc) is 2.84. The highest BCUT2D eigenvalue weighted by Crippen LogP contribution is 2.17. The Labute approximate surface area is 106 Å². The lowest BCUT2D eigenvalue weighted by atomic mass is 10.1. The van der Waals surface area contributed by atoms with E-state index < -0.39 is 0 Å². The number of thioether (sulfide) groups is 1. The molecule has 1 saturated heterocycles. The SMILES string of the molecule is CCn1cc(CC(NN)C2CSCCO2)cn1. The zero-order valence-corrected chi connectivity index (χ0v) is 10.9. The van der Waals surface area contributed by atoms with Crippen molar-refractivity contribution >= 4 is 11.8 Å². The number of rotatable bonds is 5. The van der Waals surface area contributed by atoms with Crippen molar-refractivity contribution in [3.63, 3.8) is 0 Å². The standard InChI is InChI=1S/C11H20N4OS/c1-2-15-7-9(6-13-15)5-10(14-12)11-8-17-4-3-16-11/h6-7,10-11,14H,2-5,8,12H2,1H3. The molecule has 1 aliphatic heterocycles. The monoisotopic (exact) mass is 256 g/mol. The van der Waals surface area contributed by atoms with Gasteiger partial charge in [-0.2, -0.15) is 16.9 Å². The van der Waals surface area contributed by atoms with Crippen LogP contribution in [0, 0.1) is 0 Å². The van der Waals surface area contributed by atoms with Gasteiger partial charge in [0.2, 0.25) is 0 Å². The van der Waals surface area contributed by atoms with Crippen molar-refractivity contribution in [3.05, 3.63) is 18.0 Å². The van der Waals surface area contributed by atoms with Crippen molar-refractivity contribution < 1.29 is 4.74 Å². The largest absolute Gasteiger partial charge is 0.375 e. The molecule has 2 atom stereocenters. The Bertz CT molecular complexity index is 338. The number of hydrogen-bond donors (Lipinski definition) is 2. The van der Waals surface area contributed by atoms with E-state index in [-0.39, 0.29) is 12.1 Å². The Morgan fingerprint density at radius 3 is 3.24 bits per heavy atom. The molecular formula is C11H20N4OS. The van der Waals surface area contributed by atoms with E-state index in [9.17, 15) is 0 Å². The van der Waals surface area contributed by atoms with Crippen LogP contribution in [0.15, 0.2) is 12.4 Å². The number of nitrogens with zero attached hydrogens (tertiary/aromatic N) is 2. The zero-order valence-electron chi connectivity index (χ0n) is 10.1. The Kier molecular flexibility index (Phi) is 4.85. The summed E-state index contributed by atoms with van der Waals surface area (Å²) in [4.78, 5) is 0. The van der Waals surface area contributed by atoms with Gasteiger partial charge in [0.25, 0.3) is 0 Å². The van der Waals surface area contributed by atoms with E-state index >= 15 is 0 Å². The summed E-state index contributed by atoms with van der Waals surface area (Å²) < 4.78 is 7.68. The van der Waals surface area contributed by atoms with Crippen molar-refractivity contribution in [1.29, 1.82) is 0 Å². The fraction of sp³-hybridized carbons (Fsp3) is 0.727. The minimum atomic E-state index is 0.164. The number of aromatic nitrogens is 2. The number of aryl methyl sites for hydroxylation is 1.